The largest absolute Gasteiger partial charge is 0.508 e. The van der Waals surface area contributed by atoms with E-state index in [9.17, 15) is 9.90 Å². The Hall–Kier alpha value is -2.58. The van der Waals surface area contributed by atoms with Crippen LogP contribution in [-0.2, 0) is 5.41 Å². The number of nitrogens with one attached hydrogen (secondary N) is 1. The van der Waals surface area contributed by atoms with Crippen molar-refractivity contribution in [3.63, 3.8) is 0 Å². The Labute approximate surface area is 130 Å². The number of nitriles is 1. The zero-order chi connectivity index (χ0) is 15.6. The van der Waals surface area contributed by atoms with Crippen LogP contribution in [0.2, 0.25) is 0 Å². The molecule has 2 heterocycles. The van der Waals surface area contributed by atoms with Gasteiger partial charge in [-0.15, -0.1) is 11.3 Å². The van der Waals surface area contributed by atoms with E-state index in [0.717, 1.165) is 21.5 Å². The molecule has 0 unspecified atom stereocenters. The van der Waals surface area contributed by atoms with E-state index in [1.807, 2.05) is 13.8 Å². The van der Waals surface area contributed by atoms with Crippen molar-refractivity contribution < 1.29 is 9.90 Å². The van der Waals surface area contributed by atoms with Gasteiger partial charge < -0.3 is 10.1 Å². The lowest BCUT2D eigenvalue weighted by Gasteiger charge is -2.32. The summed E-state index contributed by atoms with van der Waals surface area (Å²) in [4.78, 5) is 16.8. The van der Waals surface area contributed by atoms with E-state index in [4.69, 9.17) is 5.26 Å². The molecule has 1 aromatic carbocycles. The number of hydrogen-bond acceptors (Lipinski definition) is 4. The molecule has 1 aliphatic carbocycles. The predicted octanol–water partition coefficient (Wildman–Crippen LogP) is 3.68. The molecule has 0 bridgehead atoms. The number of benzene rings is 1. The predicted molar refractivity (Wildman–Crippen MR) is 84.6 cm³/mol. The SMILES string of the molecule is CC1(C)c2cc(O)ccc2C(=O)c2c1[nH]c1cc(C#N)sc21. The Kier molecular flexibility index (Phi) is 2.38. The first-order valence-electron chi connectivity index (χ1n) is 6.87. The lowest BCUT2D eigenvalue weighted by Crippen LogP contribution is -2.30. The number of nitrogens with zero attached hydrogens (tertiary/aromatic N) is 1. The van der Waals surface area contributed by atoms with E-state index in [0.29, 0.717) is 16.0 Å². The van der Waals surface area contributed by atoms with Crippen molar-refractivity contribution in [1.29, 1.82) is 5.26 Å². The minimum absolute atomic E-state index is 0.0538. The van der Waals surface area contributed by atoms with Gasteiger partial charge in [-0.3, -0.25) is 4.79 Å². The van der Waals surface area contributed by atoms with Crippen LogP contribution in [0.1, 0.15) is 45.9 Å². The maximum atomic E-state index is 12.9. The average Bonchev–Trinajstić information content (AvgIpc) is 3.02. The first-order chi connectivity index (χ1) is 10.4. The number of ketones is 1. The van der Waals surface area contributed by atoms with Gasteiger partial charge in [-0.2, -0.15) is 5.26 Å². The molecular weight excluding hydrogens is 296 g/mol. The van der Waals surface area contributed by atoms with E-state index in [2.05, 4.69) is 11.1 Å². The number of carbonyl (C=O) groups is 1. The first kappa shape index (κ1) is 13.1. The Bertz CT molecular complexity index is 1000. The first-order valence-corrected chi connectivity index (χ1v) is 7.69. The van der Waals surface area contributed by atoms with Crippen molar-refractivity contribution in [2.75, 3.05) is 0 Å². The monoisotopic (exact) mass is 308 g/mol. The van der Waals surface area contributed by atoms with E-state index in [-0.39, 0.29) is 11.5 Å². The van der Waals surface area contributed by atoms with Gasteiger partial charge in [0.2, 0.25) is 0 Å². The fourth-order valence-corrected chi connectivity index (χ4v) is 4.20. The Balaban J connectivity index is 2.09. The summed E-state index contributed by atoms with van der Waals surface area (Å²) in [6.45, 7) is 4.06. The van der Waals surface area contributed by atoms with Gasteiger partial charge in [-0.05, 0) is 29.8 Å². The minimum atomic E-state index is -0.414. The molecular formula is C17H12N2O2S. The third-order valence-corrected chi connectivity index (χ3v) is 5.41. The molecule has 0 atom stereocenters. The standard InChI is InChI=1S/C17H12N2O2S/c1-17(2)11-5-8(20)3-4-10(11)14(21)13-15-12(19-16(13)17)6-9(7-18)22-15/h3-6,19-20H,1-2H3. The van der Waals surface area contributed by atoms with Crippen molar-refractivity contribution in [2.24, 2.45) is 0 Å². The summed E-state index contributed by atoms with van der Waals surface area (Å²) in [5.41, 5.74) is 3.35. The van der Waals surface area contributed by atoms with Gasteiger partial charge in [0.25, 0.3) is 0 Å². The lowest BCUT2D eigenvalue weighted by molar-refractivity contribution is 0.103. The van der Waals surface area contributed by atoms with Crippen LogP contribution in [0, 0.1) is 11.3 Å². The maximum absolute atomic E-state index is 12.9. The van der Waals surface area contributed by atoms with Gasteiger partial charge in [-0.25, -0.2) is 0 Å². The van der Waals surface area contributed by atoms with Gasteiger partial charge in [0.15, 0.2) is 5.78 Å². The number of aromatic nitrogens is 1. The van der Waals surface area contributed by atoms with Gasteiger partial charge in [0, 0.05) is 16.7 Å². The summed E-state index contributed by atoms with van der Waals surface area (Å²) in [6, 6.07) is 8.78. The maximum Gasteiger partial charge on any atom is 0.196 e. The molecule has 2 N–H and O–H groups in total. The fourth-order valence-electron chi connectivity index (χ4n) is 3.24. The molecule has 2 aromatic heterocycles. The van der Waals surface area contributed by atoms with Gasteiger partial charge in [0.1, 0.15) is 16.7 Å². The van der Waals surface area contributed by atoms with E-state index < -0.39 is 5.41 Å². The zero-order valence-corrected chi connectivity index (χ0v) is 12.8. The minimum Gasteiger partial charge on any atom is -0.508 e. The number of carbonyl (C=O) groups excluding carboxylic acids is 1. The van der Waals surface area contributed by atoms with Crippen LogP contribution in [0.3, 0.4) is 0 Å². The number of aromatic hydroxyl groups is 1. The van der Waals surface area contributed by atoms with Crippen molar-refractivity contribution in [3.8, 4) is 11.8 Å². The van der Waals surface area contributed by atoms with Gasteiger partial charge >= 0.3 is 0 Å². The summed E-state index contributed by atoms with van der Waals surface area (Å²) >= 11 is 1.34. The number of H-pyrrole nitrogens is 1. The number of rotatable bonds is 0. The Morgan fingerprint density at radius 1 is 1.32 bits per heavy atom. The van der Waals surface area contributed by atoms with Crippen LogP contribution < -0.4 is 0 Å². The number of phenolic OH excluding ortho intramolecular Hbond substituents is 1. The van der Waals surface area contributed by atoms with Crippen LogP contribution >= 0.6 is 11.3 Å². The molecule has 0 saturated heterocycles. The van der Waals surface area contributed by atoms with E-state index in [1.54, 1.807) is 18.2 Å². The van der Waals surface area contributed by atoms with E-state index >= 15 is 0 Å². The van der Waals surface area contributed by atoms with Crippen molar-refractivity contribution >= 4 is 27.3 Å². The second kappa shape index (κ2) is 3.99. The molecule has 4 nitrogen and oxygen atoms in total. The van der Waals surface area contributed by atoms with Crippen LogP contribution in [0.15, 0.2) is 24.3 Å². The zero-order valence-electron chi connectivity index (χ0n) is 12.0. The molecule has 108 valence electrons. The fraction of sp³-hybridized carbons (Fsp3) is 0.176. The topological polar surface area (TPSA) is 76.9 Å². The molecule has 4 rings (SSSR count). The molecule has 0 radical (unpaired) electrons. The normalized spacial score (nSPS) is 15.4. The van der Waals surface area contributed by atoms with Crippen molar-refractivity contribution in [3.05, 3.63) is 51.5 Å². The van der Waals surface area contributed by atoms with Crippen LogP contribution in [0.4, 0.5) is 0 Å². The molecule has 0 amide bonds. The number of thiophene rings is 1. The molecule has 3 aromatic rings. The van der Waals surface area contributed by atoms with Gasteiger partial charge in [-0.1, -0.05) is 13.8 Å². The summed E-state index contributed by atoms with van der Waals surface area (Å²) in [5, 5.41) is 18.8. The molecule has 0 spiro atoms. The second-order valence-corrected chi connectivity index (χ2v) is 7.08. The molecule has 0 aliphatic heterocycles. The third kappa shape index (κ3) is 1.48. The molecule has 0 saturated carbocycles. The molecule has 0 fully saturated rings. The highest BCUT2D eigenvalue weighted by Crippen LogP contribution is 2.46. The molecule has 22 heavy (non-hydrogen) atoms. The highest BCUT2D eigenvalue weighted by molar-refractivity contribution is 7.20. The quantitative estimate of drug-likeness (QED) is 0.665. The highest BCUT2D eigenvalue weighted by Gasteiger charge is 2.40. The summed E-state index contributed by atoms with van der Waals surface area (Å²) in [5.74, 6) is 0.102. The van der Waals surface area contributed by atoms with Gasteiger partial charge in [0.05, 0.1) is 15.8 Å². The Morgan fingerprint density at radius 3 is 2.82 bits per heavy atom. The van der Waals surface area contributed by atoms with Crippen LogP contribution in [0.5, 0.6) is 5.75 Å². The Morgan fingerprint density at radius 2 is 2.09 bits per heavy atom. The number of phenols is 1. The smallest absolute Gasteiger partial charge is 0.196 e. The summed E-state index contributed by atoms with van der Waals surface area (Å²) in [7, 11) is 0. The van der Waals surface area contributed by atoms with E-state index in [1.165, 1.54) is 17.4 Å². The van der Waals surface area contributed by atoms with Crippen molar-refractivity contribution in [2.45, 2.75) is 19.3 Å². The van der Waals surface area contributed by atoms with Crippen molar-refractivity contribution in [1.82, 2.24) is 4.98 Å². The number of fused-ring (bicyclic) bond motifs is 4. The third-order valence-electron chi connectivity index (χ3n) is 4.35. The summed E-state index contributed by atoms with van der Waals surface area (Å²) < 4.78 is 0.836. The second-order valence-electron chi connectivity index (χ2n) is 6.02. The number of hydrogen-bond donors (Lipinski definition) is 2. The highest BCUT2D eigenvalue weighted by atomic mass is 32.1. The molecule has 5 heteroatoms. The average molecular weight is 308 g/mol. The number of aromatic amines is 1. The lowest BCUT2D eigenvalue weighted by atomic mass is 9.72. The summed E-state index contributed by atoms with van der Waals surface area (Å²) in [6.07, 6.45) is 0. The molecule has 1 aliphatic rings. The van der Waals surface area contributed by atoms with Crippen LogP contribution in [-0.4, -0.2) is 15.9 Å². The van der Waals surface area contributed by atoms with Crippen LogP contribution in [0.25, 0.3) is 10.2 Å².